The standard InChI is InChI=1S/C20H23NO5/c1-11-6-7-17(12(2)8-11)25-10-18(24)26-9-16(23)20-13(3)19(15(5)22)14(4)21-20/h6-8,21H,9-10H2,1-5H3. The van der Waals surface area contributed by atoms with E-state index >= 15 is 0 Å². The molecule has 0 aliphatic carbocycles. The average molecular weight is 357 g/mol. The molecule has 2 rings (SSSR count). The van der Waals surface area contributed by atoms with Gasteiger partial charge in [0, 0.05) is 11.3 Å². The fraction of sp³-hybridized carbons (Fsp3) is 0.350. The zero-order valence-electron chi connectivity index (χ0n) is 15.7. The van der Waals surface area contributed by atoms with Crippen molar-refractivity contribution in [2.45, 2.75) is 34.6 Å². The van der Waals surface area contributed by atoms with Gasteiger partial charge in [-0.2, -0.15) is 0 Å². The maximum Gasteiger partial charge on any atom is 0.344 e. The molecule has 138 valence electrons. The Balaban J connectivity index is 1.92. The number of hydrogen-bond acceptors (Lipinski definition) is 5. The Morgan fingerprint density at radius 2 is 1.73 bits per heavy atom. The molecule has 0 amide bonds. The third-order valence-corrected chi connectivity index (χ3v) is 4.11. The maximum absolute atomic E-state index is 12.3. The predicted molar refractivity (Wildman–Crippen MR) is 97.0 cm³/mol. The molecular weight excluding hydrogens is 334 g/mol. The number of aromatic amines is 1. The van der Waals surface area contributed by atoms with E-state index in [1.165, 1.54) is 6.92 Å². The smallest absolute Gasteiger partial charge is 0.344 e. The Hall–Kier alpha value is -2.89. The fourth-order valence-electron chi connectivity index (χ4n) is 2.91. The van der Waals surface area contributed by atoms with Crippen LogP contribution in [0.15, 0.2) is 18.2 Å². The highest BCUT2D eigenvalue weighted by molar-refractivity contribution is 6.04. The molecule has 0 aliphatic heterocycles. The van der Waals surface area contributed by atoms with Crippen LogP contribution < -0.4 is 4.74 Å². The maximum atomic E-state index is 12.3. The summed E-state index contributed by atoms with van der Waals surface area (Å²) in [5, 5.41) is 0. The number of esters is 1. The number of ketones is 2. The van der Waals surface area contributed by atoms with Gasteiger partial charge in [0.25, 0.3) is 0 Å². The van der Waals surface area contributed by atoms with Crippen LogP contribution in [0.25, 0.3) is 0 Å². The summed E-state index contributed by atoms with van der Waals surface area (Å²) in [6.45, 7) is 8.04. The van der Waals surface area contributed by atoms with Crippen LogP contribution in [0.3, 0.4) is 0 Å². The van der Waals surface area contributed by atoms with Crippen molar-refractivity contribution in [3.63, 3.8) is 0 Å². The summed E-state index contributed by atoms with van der Waals surface area (Å²) in [5.74, 6) is -0.543. The minimum absolute atomic E-state index is 0.117. The lowest BCUT2D eigenvalue weighted by Gasteiger charge is -2.09. The monoisotopic (exact) mass is 357 g/mol. The first kappa shape index (κ1) is 19.4. The fourth-order valence-corrected chi connectivity index (χ4v) is 2.91. The second-order valence-electron chi connectivity index (χ2n) is 6.32. The number of nitrogens with one attached hydrogen (secondary N) is 1. The summed E-state index contributed by atoms with van der Waals surface area (Å²) in [6, 6.07) is 5.63. The summed E-state index contributed by atoms with van der Waals surface area (Å²) in [7, 11) is 0. The van der Waals surface area contributed by atoms with Crippen molar-refractivity contribution >= 4 is 17.5 Å². The van der Waals surface area contributed by atoms with Gasteiger partial charge in [0.2, 0.25) is 5.78 Å². The molecule has 0 radical (unpaired) electrons. The molecule has 26 heavy (non-hydrogen) atoms. The topological polar surface area (TPSA) is 85.5 Å². The van der Waals surface area contributed by atoms with Crippen molar-refractivity contribution in [2.75, 3.05) is 13.2 Å². The van der Waals surface area contributed by atoms with Gasteiger partial charge in [0.15, 0.2) is 19.0 Å². The number of rotatable bonds is 7. The number of ether oxygens (including phenoxy) is 2. The van der Waals surface area contributed by atoms with Gasteiger partial charge in [-0.3, -0.25) is 9.59 Å². The van der Waals surface area contributed by atoms with Crippen LogP contribution >= 0.6 is 0 Å². The van der Waals surface area contributed by atoms with Crippen LogP contribution in [-0.2, 0) is 9.53 Å². The van der Waals surface area contributed by atoms with Gasteiger partial charge >= 0.3 is 5.97 Å². The Bertz CT molecular complexity index is 863. The highest BCUT2D eigenvalue weighted by Gasteiger charge is 2.20. The van der Waals surface area contributed by atoms with Gasteiger partial charge in [0.05, 0.1) is 5.69 Å². The van der Waals surface area contributed by atoms with Crippen molar-refractivity contribution < 1.29 is 23.9 Å². The third-order valence-electron chi connectivity index (χ3n) is 4.11. The van der Waals surface area contributed by atoms with Crippen molar-refractivity contribution in [3.8, 4) is 5.75 Å². The number of Topliss-reactive ketones (excluding diaryl/α,β-unsaturated/α-hetero) is 2. The van der Waals surface area contributed by atoms with Crippen LogP contribution in [0.5, 0.6) is 5.75 Å². The number of aryl methyl sites for hydroxylation is 3. The number of carbonyl (C=O) groups excluding carboxylic acids is 3. The van der Waals surface area contributed by atoms with E-state index < -0.39 is 18.4 Å². The lowest BCUT2D eigenvalue weighted by atomic mass is 10.1. The van der Waals surface area contributed by atoms with E-state index in [-0.39, 0.29) is 18.1 Å². The molecule has 0 atom stereocenters. The van der Waals surface area contributed by atoms with Crippen LogP contribution in [0.2, 0.25) is 0 Å². The van der Waals surface area contributed by atoms with Gasteiger partial charge in [0.1, 0.15) is 5.75 Å². The number of benzene rings is 1. The van der Waals surface area contributed by atoms with Gasteiger partial charge in [-0.05, 0) is 51.8 Å². The molecule has 2 aromatic rings. The molecule has 1 aromatic carbocycles. The average Bonchev–Trinajstić information content (AvgIpc) is 2.86. The van der Waals surface area contributed by atoms with E-state index in [2.05, 4.69) is 4.98 Å². The van der Waals surface area contributed by atoms with Crippen molar-refractivity contribution in [1.29, 1.82) is 0 Å². The van der Waals surface area contributed by atoms with E-state index in [1.54, 1.807) is 19.9 Å². The van der Waals surface area contributed by atoms with Crippen molar-refractivity contribution in [1.82, 2.24) is 4.98 Å². The predicted octanol–water partition coefficient (Wildman–Crippen LogP) is 3.26. The molecule has 0 bridgehead atoms. The molecule has 1 aromatic heterocycles. The Labute approximate surface area is 152 Å². The molecule has 1 heterocycles. The second-order valence-corrected chi connectivity index (χ2v) is 6.32. The highest BCUT2D eigenvalue weighted by atomic mass is 16.6. The molecule has 0 saturated heterocycles. The van der Waals surface area contributed by atoms with E-state index in [0.717, 1.165) is 11.1 Å². The summed E-state index contributed by atoms with van der Waals surface area (Å²) < 4.78 is 10.4. The van der Waals surface area contributed by atoms with Crippen molar-refractivity contribution in [3.05, 3.63) is 51.8 Å². The molecular formula is C20H23NO5. The molecule has 0 aliphatic rings. The lowest BCUT2D eigenvalue weighted by molar-refractivity contribution is -0.144. The normalized spacial score (nSPS) is 10.5. The molecule has 0 saturated carbocycles. The number of hydrogen-bond donors (Lipinski definition) is 1. The number of H-pyrrole nitrogens is 1. The van der Waals surface area contributed by atoms with E-state index in [4.69, 9.17) is 9.47 Å². The first-order valence-electron chi connectivity index (χ1n) is 8.29. The van der Waals surface area contributed by atoms with Gasteiger partial charge in [-0.15, -0.1) is 0 Å². The zero-order chi connectivity index (χ0) is 19.4. The van der Waals surface area contributed by atoms with Crippen LogP contribution in [0, 0.1) is 27.7 Å². The zero-order valence-corrected chi connectivity index (χ0v) is 15.7. The van der Waals surface area contributed by atoms with Gasteiger partial charge < -0.3 is 14.5 Å². The summed E-state index contributed by atoms with van der Waals surface area (Å²) in [6.07, 6.45) is 0. The summed E-state index contributed by atoms with van der Waals surface area (Å²) >= 11 is 0. The van der Waals surface area contributed by atoms with Crippen LogP contribution in [-0.4, -0.2) is 35.7 Å². The van der Waals surface area contributed by atoms with E-state index in [9.17, 15) is 14.4 Å². The second kappa shape index (κ2) is 7.99. The minimum atomic E-state index is -0.633. The van der Waals surface area contributed by atoms with E-state index in [1.807, 2.05) is 26.0 Å². The molecule has 6 heteroatoms. The minimum Gasteiger partial charge on any atom is -0.482 e. The van der Waals surface area contributed by atoms with Gasteiger partial charge in [-0.25, -0.2) is 4.79 Å². The Morgan fingerprint density at radius 3 is 2.31 bits per heavy atom. The van der Waals surface area contributed by atoms with Crippen molar-refractivity contribution in [2.24, 2.45) is 0 Å². The quantitative estimate of drug-likeness (QED) is 0.607. The Kier molecular flexibility index (Phi) is 5.97. The number of carbonyl (C=O) groups is 3. The first-order chi connectivity index (χ1) is 12.2. The highest BCUT2D eigenvalue weighted by Crippen LogP contribution is 2.20. The summed E-state index contributed by atoms with van der Waals surface area (Å²) in [5.41, 5.74) is 4.01. The molecule has 0 unspecified atom stereocenters. The third kappa shape index (κ3) is 4.39. The SMILES string of the molecule is CC(=O)c1c(C)[nH]c(C(=O)COC(=O)COc2ccc(C)cc2C)c1C. The van der Waals surface area contributed by atoms with Crippen LogP contribution in [0.1, 0.15) is 50.2 Å². The lowest BCUT2D eigenvalue weighted by Crippen LogP contribution is -2.20. The molecule has 0 spiro atoms. The first-order valence-corrected chi connectivity index (χ1v) is 8.29. The Morgan fingerprint density at radius 1 is 1.04 bits per heavy atom. The summed E-state index contributed by atoms with van der Waals surface area (Å²) in [4.78, 5) is 38.6. The van der Waals surface area contributed by atoms with Gasteiger partial charge in [-0.1, -0.05) is 17.7 Å². The molecule has 0 fully saturated rings. The van der Waals surface area contributed by atoms with Crippen LogP contribution in [0.4, 0.5) is 0 Å². The number of aromatic nitrogens is 1. The molecule has 1 N–H and O–H groups in total. The largest absolute Gasteiger partial charge is 0.482 e. The van der Waals surface area contributed by atoms with E-state index in [0.29, 0.717) is 22.6 Å². The molecule has 6 nitrogen and oxygen atoms in total.